The average Bonchev–Trinajstić information content (AvgIpc) is 2.88. The van der Waals surface area contributed by atoms with Gasteiger partial charge in [0.15, 0.2) is 0 Å². The molecular weight excluding hydrogens is 232 g/mol. The lowest BCUT2D eigenvalue weighted by atomic mass is 10.0. The summed E-state index contributed by atoms with van der Waals surface area (Å²) < 4.78 is 5.58. The van der Waals surface area contributed by atoms with Crippen LogP contribution >= 0.6 is 11.8 Å². The molecule has 3 heteroatoms. The fourth-order valence-corrected chi connectivity index (χ4v) is 4.14. The van der Waals surface area contributed by atoms with Crippen LogP contribution in [-0.2, 0) is 4.74 Å². The number of aliphatic hydroxyl groups is 1. The average molecular weight is 258 g/mol. The van der Waals surface area contributed by atoms with Crippen LogP contribution in [0.3, 0.4) is 0 Å². The van der Waals surface area contributed by atoms with E-state index in [0.717, 1.165) is 30.5 Å². The second-order valence-corrected chi connectivity index (χ2v) is 6.79. The first kappa shape index (κ1) is 13.7. The Kier molecular flexibility index (Phi) is 6.16. The molecular formula is C14H26O2S. The van der Waals surface area contributed by atoms with Crippen molar-refractivity contribution < 1.29 is 9.84 Å². The van der Waals surface area contributed by atoms with E-state index in [1.165, 1.54) is 44.9 Å². The van der Waals surface area contributed by atoms with E-state index < -0.39 is 0 Å². The Morgan fingerprint density at radius 3 is 2.65 bits per heavy atom. The van der Waals surface area contributed by atoms with Crippen LogP contribution in [0.25, 0.3) is 0 Å². The van der Waals surface area contributed by atoms with Crippen molar-refractivity contribution in [2.45, 2.75) is 75.2 Å². The molecule has 1 aliphatic carbocycles. The van der Waals surface area contributed by atoms with Crippen LogP contribution in [-0.4, -0.2) is 34.9 Å². The first-order chi connectivity index (χ1) is 8.34. The molecule has 1 saturated heterocycles. The van der Waals surface area contributed by atoms with E-state index in [0.29, 0.717) is 6.10 Å². The zero-order valence-corrected chi connectivity index (χ0v) is 11.6. The number of hydrogen-bond acceptors (Lipinski definition) is 3. The van der Waals surface area contributed by atoms with Gasteiger partial charge in [-0.2, -0.15) is 11.8 Å². The first-order valence-electron chi connectivity index (χ1n) is 7.26. The first-order valence-corrected chi connectivity index (χ1v) is 8.31. The SMILES string of the molecule is OC(CCC1CCCO1)CSC1CCCCC1. The van der Waals surface area contributed by atoms with Gasteiger partial charge in [-0.1, -0.05) is 19.3 Å². The van der Waals surface area contributed by atoms with Gasteiger partial charge in [0.05, 0.1) is 12.2 Å². The van der Waals surface area contributed by atoms with E-state index in [9.17, 15) is 5.11 Å². The van der Waals surface area contributed by atoms with Crippen molar-refractivity contribution in [3.05, 3.63) is 0 Å². The fraction of sp³-hybridized carbons (Fsp3) is 1.00. The lowest BCUT2D eigenvalue weighted by molar-refractivity contribution is 0.0860. The quantitative estimate of drug-likeness (QED) is 0.792. The maximum Gasteiger partial charge on any atom is 0.0631 e. The zero-order chi connectivity index (χ0) is 11.9. The molecule has 17 heavy (non-hydrogen) atoms. The Balaban J connectivity index is 1.52. The second-order valence-electron chi connectivity index (χ2n) is 5.46. The molecule has 2 unspecified atom stereocenters. The fourth-order valence-electron chi connectivity index (χ4n) is 2.81. The van der Waals surface area contributed by atoms with Crippen molar-refractivity contribution in [1.82, 2.24) is 0 Å². The molecule has 0 aromatic rings. The highest BCUT2D eigenvalue weighted by Gasteiger charge is 2.19. The van der Waals surface area contributed by atoms with Crippen molar-refractivity contribution in [3.8, 4) is 0 Å². The van der Waals surface area contributed by atoms with Crippen molar-refractivity contribution in [2.24, 2.45) is 0 Å². The minimum Gasteiger partial charge on any atom is -0.392 e. The van der Waals surface area contributed by atoms with Crippen LogP contribution < -0.4 is 0 Å². The third-order valence-electron chi connectivity index (χ3n) is 3.92. The molecule has 1 N–H and O–H groups in total. The van der Waals surface area contributed by atoms with Crippen LogP contribution in [0.1, 0.15) is 57.8 Å². The molecule has 1 heterocycles. The molecule has 0 aromatic carbocycles. The smallest absolute Gasteiger partial charge is 0.0631 e. The molecule has 0 spiro atoms. The monoisotopic (exact) mass is 258 g/mol. The van der Waals surface area contributed by atoms with Crippen LogP contribution in [0, 0.1) is 0 Å². The molecule has 1 saturated carbocycles. The van der Waals surface area contributed by atoms with E-state index >= 15 is 0 Å². The predicted octanol–water partition coefficient (Wildman–Crippen LogP) is 3.37. The molecule has 100 valence electrons. The summed E-state index contributed by atoms with van der Waals surface area (Å²) in [5.41, 5.74) is 0. The summed E-state index contributed by atoms with van der Waals surface area (Å²) in [7, 11) is 0. The molecule has 2 fully saturated rings. The number of thioether (sulfide) groups is 1. The van der Waals surface area contributed by atoms with Crippen molar-refractivity contribution in [1.29, 1.82) is 0 Å². The van der Waals surface area contributed by atoms with Gasteiger partial charge in [-0.25, -0.2) is 0 Å². The standard InChI is InChI=1S/C14H26O2S/c15-12(8-9-13-5-4-10-16-13)11-17-14-6-2-1-3-7-14/h12-15H,1-11H2. The summed E-state index contributed by atoms with van der Waals surface area (Å²) in [5, 5.41) is 10.8. The number of aliphatic hydroxyl groups excluding tert-OH is 1. The summed E-state index contributed by atoms with van der Waals surface area (Å²) in [6.07, 6.45) is 11.6. The summed E-state index contributed by atoms with van der Waals surface area (Å²) in [5.74, 6) is 0.928. The largest absolute Gasteiger partial charge is 0.392 e. The van der Waals surface area contributed by atoms with Crippen molar-refractivity contribution in [2.75, 3.05) is 12.4 Å². The highest BCUT2D eigenvalue weighted by molar-refractivity contribution is 7.99. The van der Waals surface area contributed by atoms with Crippen LogP contribution in [0.5, 0.6) is 0 Å². The van der Waals surface area contributed by atoms with Crippen LogP contribution in [0.15, 0.2) is 0 Å². The van der Waals surface area contributed by atoms with Gasteiger partial charge < -0.3 is 9.84 Å². The Hall–Kier alpha value is 0.270. The highest BCUT2D eigenvalue weighted by Crippen LogP contribution is 2.29. The third-order valence-corrected chi connectivity index (χ3v) is 5.44. The van der Waals surface area contributed by atoms with Gasteiger partial charge in [-0.3, -0.25) is 0 Å². The Morgan fingerprint density at radius 1 is 1.12 bits per heavy atom. The van der Waals surface area contributed by atoms with Crippen LogP contribution in [0.4, 0.5) is 0 Å². The van der Waals surface area contributed by atoms with Gasteiger partial charge >= 0.3 is 0 Å². The molecule has 2 nitrogen and oxygen atoms in total. The van der Waals surface area contributed by atoms with Crippen LogP contribution in [0.2, 0.25) is 0 Å². The van der Waals surface area contributed by atoms with Gasteiger partial charge in [-0.15, -0.1) is 0 Å². The molecule has 0 bridgehead atoms. The summed E-state index contributed by atoms with van der Waals surface area (Å²) in [6, 6.07) is 0. The number of hydrogen-bond donors (Lipinski definition) is 1. The van der Waals surface area contributed by atoms with Gasteiger partial charge in [0.25, 0.3) is 0 Å². The van der Waals surface area contributed by atoms with E-state index in [2.05, 4.69) is 0 Å². The Labute approximate surface area is 110 Å². The third kappa shape index (κ3) is 5.19. The molecule has 0 aromatic heterocycles. The van der Waals surface area contributed by atoms with Gasteiger partial charge in [0, 0.05) is 17.6 Å². The zero-order valence-electron chi connectivity index (χ0n) is 10.8. The van der Waals surface area contributed by atoms with Gasteiger partial charge in [0.1, 0.15) is 0 Å². The minimum atomic E-state index is -0.119. The number of ether oxygens (including phenoxy) is 1. The van der Waals surface area contributed by atoms with E-state index in [1.807, 2.05) is 11.8 Å². The second kappa shape index (κ2) is 7.65. The molecule has 0 radical (unpaired) electrons. The predicted molar refractivity (Wildman–Crippen MR) is 73.5 cm³/mol. The summed E-state index contributed by atoms with van der Waals surface area (Å²) in [6.45, 7) is 0.928. The molecule has 1 aliphatic heterocycles. The lowest BCUT2D eigenvalue weighted by Gasteiger charge is -2.22. The van der Waals surface area contributed by atoms with Crippen molar-refractivity contribution in [3.63, 3.8) is 0 Å². The molecule has 0 amide bonds. The maximum atomic E-state index is 9.96. The molecule has 2 rings (SSSR count). The Morgan fingerprint density at radius 2 is 1.94 bits per heavy atom. The van der Waals surface area contributed by atoms with E-state index in [1.54, 1.807) is 0 Å². The minimum absolute atomic E-state index is 0.119. The van der Waals surface area contributed by atoms with Gasteiger partial charge in [-0.05, 0) is 38.5 Å². The normalized spacial score (nSPS) is 28.4. The van der Waals surface area contributed by atoms with Crippen molar-refractivity contribution >= 4 is 11.8 Å². The summed E-state index contributed by atoms with van der Waals surface area (Å²) in [4.78, 5) is 0. The van der Waals surface area contributed by atoms with E-state index in [-0.39, 0.29) is 6.10 Å². The molecule has 2 atom stereocenters. The lowest BCUT2D eigenvalue weighted by Crippen LogP contribution is -2.17. The van der Waals surface area contributed by atoms with Gasteiger partial charge in [0.2, 0.25) is 0 Å². The van der Waals surface area contributed by atoms with E-state index in [4.69, 9.17) is 4.74 Å². The Bertz CT molecular complexity index is 198. The number of rotatable bonds is 6. The maximum absolute atomic E-state index is 9.96. The summed E-state index contributed by atoms with van der Waals surface area (Å²) >= 11 is 2.00. The molecule has 2 aliphatic rings. The highest BCUT2D eigenvalue weighted by atomic mass is 32.2. The topological polar surface area (TPSA) is 29.5 Å².